The van der Waals surface area contributed by atoms with Gasteiger partial charge in [-0.3, -0.25) is 9.59 Å². The lowest BCUT2D eigenvalue weighted by atomic mass is 9.88. The van der Waals surface area contributed by atoms with Gasteiger partial charge in [-0.1, -0.05) is 24.3 Å². The Bertz CT molecular complexity index is 409. The molecule has 0 saturated heterocycles. The minimum absolute atomic E-state index is 0.133. The number of Topliss-reactive ketones (excluding diaryl/α,β-unsaturated/α-hetero) is 1. The highest BCUT2D eigenvalue weighted by atomic mass is 16.5. The molecule has 1 aliphatic rings. The van der Waals surface area contributed by atoms with Gasteiger partial charge in [0.15, 0.2) is 5.78 Å². The lowest BCUT2D eigenvalue weighted by Gasteiger charge is -2.23. The summed E-state index contributed by atoms with van der Waals surface area (Å²) in [4.78, 5) is 22.5. The number of hydrogen-bond acceptors (Lipinski definition) is 3. The fourth-order valence-electron chi connectivity index (χ4n) is 1.91. The van der Waals surface area contributed by atoms with Crippen LogP contribution < -0.4 is 0 Å². The molecular weight excluding hydrogens is 192 g/mol. The van der Waals surface area contributed by atoms with Gasteiger partial charge in [0.25, 0.3) is 0 Å². The molecule has 1 aliphatic carbocycles. The predicted molar refractivity (Wildman–Crippen MR) is 54.5 cm³/mol. The van der Waals surface area contributed by atoms with Crippen LogP contribution in [0.1, 0.15) is 41.8 Å². The van der Waals surface area contributed by atoms with E-state index in [0.29, 0.717) is 18.4 Å². The first-order valence-corrected chi connectivity index (χ1v) is 4.98. The van der Waals surface area contributed by atoms with Crippen LogP contribution in [-0.4, -0.2) is 11.8 Å². The molecule has 1 aromatic rings. The van der Waals surface area contributed by atoms with E-state index in [1.807, 2.05) is 18.2 Å². The minimum Gasteiger partial charge on any atom is -0.458 e. The fraction of sp³-hybridized carbons (Fsp3) is 0.333. The zero-order valence-corrected chi connectivity index (χ0v) is 8.53. The summed E-state index contributed by atoms with van der Waals surface area (Å²) in [5.41, 5.74) is 1.53. The molecule has 0 aromatic heterocycles. The zero-order chi connectivity index (χ0) is 10.8. The number of carbonyl (C=O) groups is 2. The van der Waals surface area contributed by atoms with Crippen molar-refractivity contribution in [1.29, 1.82) is 0 Å². The largest absolute Gasteiger partial charge is 0.458 e. The summed E-state index contributed by atoms with van der Waals surface area (Å²) in [5, 5.41) is 0. The van der Waals surface area contributed by atoms with Crippen molar-refractivity contribution in [2.24, 2.45) is 0 Å². The number of rotatable bonds is 1. The second kappa shape index (κ2) is 3.85. The van der Waals surface area contributed by atoms with Crippen LogP contribution in [0.3, 0.4) is 0 Å². The fourth-order valence-corrected chi connectivity index (χ4v) is 1.91. The van der Waals surface area contributed by atoms with Gasteiger partial charge in [0, 0.05) is 24.5 Å². The number of esters is 1. The van der Waals surface area contributed by atoms with E-state index in [9.17, 15) is 9.59 Å². The normalized spacial score (nSPS) is 19.5. The lowest BCUT2D eigenvalue weighted by molar-refractivity contribution is -0.147. The maximum absolute atomic E-state index is 11.6. The van der Waals surface area contributed by atoms with Crippen molar-refractivity contribution in [2.75, 3.05) is 0 Å². The van der Waals surface area contributed by atoms with Crippen LogP contribution in [0, 0.1) is 0 Å². The first-order chi connectivity index (χ1) is 7.18. The lowest BCUT2D eigenvalue weighted by Crippen LogP contribution is -2.19. The van der Waals surface area contributed by atoms with Crippen molar-refractivity contribution in [3.05, 3.63) is 35.4 Å². The molecule has 3 nitrogen and oxygen atoms in total. The van der Waals surface area contributed by atoms with Crippen LogP contribution >= 0.6 is 0 Å². The summed E-state index contributed by atoms with van der Waals surface area (Å²) < 4.78 is 5.17. The Labute approximate surface area is 88.1 Å². The van der Waals surface area contributed by atoms with Crippen molar-refractivity contribution in [2.45, 2.75) is 25.9 Å². The standard InChI is InChI=1S/C12H12O3/c1-8(13)15-12-7-6-11(14)9-4-2-3-5-10(9)12/h2-5,12H,6-7H2,1H3/t12-/m0/s1. The number of hydrogen-bond donors (Lipinski definition) is 0. The van der Waals surface area contributed by atoms with Crippen molar-refractivity contribution < 1.29 is 14.3 Å². The molecule has 1 aromatic carbocycles. The predicted octanol–water partition coefficient (Wildman–Crippen LogP) is 2.27. The van der Waals surface area contributed by atoms with Crippen molar-refractivity contribution in [1.82, 2.24) is 0 Å². The van der Waals surface area contributed by atoms with Crippen LogP contribution in [0.4, 0.5) is 0 Å². The first-order valence-electron chi connectivity index (χ1n) is 4.98. The molecule has 0 radical (unpaired) electrons. The quantitative estimate of drug-likeness (QED) is 0.659. The van der Waals surface area contributed by atoms with Gasteiger partial charge < -0.3 is 4.74 Å². The van der Waals surface area contributed by atoms with Crippen LogP contribution in [0.25, 0.3) is 0 Å². The Hall–Kier alpha value is -1.64. The third-order valence-corrected chi connectivity index (χ3v) is 2.55. The Morgan fingerprint density at radius 2 is 2.13 bits per heavy atom. The van der Waals surface area contributed by atoms with Gasteiger partial charge in [-0.25, -0.2) is 0 Å². The maximum Gasteiger partial charge on any atom is 0.303 e. The molecule has 0 fully saturated rings. The van der Waals surface area contributed by atoms with Gasteiger partial charge in [-0.15, -0.1) is 0 Å². The van der Waals surface area contributed by atoms with E-state index >= 15 is 0 Å². The van der Waals surface area contributed by atoms with Gasteiger partial charge in [-0.05, 0) is 6.42 Å². The highest BCUT2D eigenvalue weighted by Gasteiger charge is 2.26. The Kier molecular flexibility index (Phi) is 2.54. The molecule has 0 N–H and O–H groups in total. The molecular formula is C12H12O3. The van der Waals surface area contributed by atoms with Gasteiger partial charge in [0.05, 0.1) is 0 Å². The second-order valence-electron chi connectivity index (χ2n) is 3.65. The van der Waals surface area contributed by atoms with Crippen molar-refractivity contribution in [3.8, 4) is 0 Å². The van der Waals surface area contributed by atoms with E-state index in [4.69, 9.17) is 4.74 Å². The SMILES string of the molecule is CC(=O)O[C@H]1CCC(=O)c2ccccc21. The number of ketones is 1. The van der Waals surface area contributed by atoms with Gasteiger partial charge in [0.1, 0.15) is 6.10 Å². The summed E-state index contributed by atoms with van der Waals surface area (Å²) in [6, 6.07) is 7.31. The molecule has 0 heterocycles. The summed E-state index contributed by atoms with van der Waals surface area (Å²) in [6.07, 6.45) is 0.793. The third kappa shape index (κ3) is 1.91. The van der Waals surface area contributed by atoms with E-state index in [0.717, 1.165) is 5.56 Å². The smallest absolute Gasteiger partial charge is 0.303 e. The molecule has 0 amide bonds. The molecule has 0 saturated carbocycles. The van der Waals surface area contributed by atoms with E-state index in [1.54, 1.807) is 6.07 Å². The Balaban J connectivity index is 2.36. The molecule has 0 aliphatic heterocycles. The van der Waals surface area contributed by atoms with Crippen LogP contribution in [0.2, 0.25) is 0 Å². The topological polar surface area (TPSA) is 43.4 Å². The second-order valence-corrected chi connectivity index (χ2v) is 3.65. The van der Waals surface area contributed by atoms with Crippen LogP contribution in [0.5, 0.6) is 0 Å². The van der Waals surface area contributed by atoms with Gasteiger partial charge in [-0.2, -0.15) is 0 Å². The molecule has 3 heteroatoms. The number of fused-ring (bicyclic) bond motifs is 1. The van der Waals surface area contributed by atoms with Crippen molar-refractivity contribution >= 4 is 11.8 Å². The summed E-state index contributed by atoms with van der Waals surface area (Å²) in [6.45, 7) is 1.39. The van der Waals surface area contributed by atoms with Gasteiger partial charge in [0.2, 0.25) is 0 Å². The Morgan fingerprint density at radius 3 is 2.87 bits per heavy atom. The average molecular weight is 204 g/mol. The summed E-state index contributed by atoms with van der Waals surface area (Å²) in [7, 11) is 0. The average Bonchev–Trinajstić information content (AvgIpc) is 2.22. The molecule has 0 spiro atoms. The molecule has 15 heavy (non-hydrogen) atoms. The molecule has 0 bridgehead atoms. The highest BCUT2D eigenvalue weighted by molar-refractivity contribution is 5.98. The third-order valence-electron chi connectivity index (χ3n) is 2.55. The van der Waals surface area contributed by atoms with E-state index in [1.165, 1.54) is 6.92 Å². The summed E-state index contributed by atoms with van der Waals surface area (Å²) in [5.74, 6) is -0.168. The van der Waals surface area contributed by atoms with Crippen molar-refractivity contribution in [3.63, 3.8) is 0 Å². The maximum atomic E-state index is 11.6. The zero-order valence-electron chi connectivity index (χ0n) is 8.53. The van der Waals surface area contributed by atoms with Crippen LogP contribution in [0.15, 0.2) is 24.3 Å². The number of carbonyl (C=O) groups excluding carboxylic acids is 2. The molecule has 2 rings (SSSR count). The van der Waals surface area contributed by atoms with Crippen LogP contribution in [-0.2, 0) is 9.53 Å². The van der Waals surface area contributed by atoms with E-state index in [2.05, 4.69) is 0 Å². The Morgan fingerprint density at radius 1 is 1.40 bits per heavy atom. The monoisotopic (exact) mass is 204 g/mol. The molecule has 1 atom stereocenters. The number of benzene rings is 1. The van der Waals surface area contributed by atoms with Gasteiger partial charge >= 0.3 is 5.97 Å². The highest BCUT2D eigenvalue weighted by Crippen LogP contribution is 2.32. The first kappa shape index (κ1) is 9.90. The minimum atomic E-state index is -0.302. The van der Waals surface area contributed by atoms with E-state index < -0.39 is 0 Å². The summed E-state index contributed by atoms with van der Waals surface area (Å²) >= 11 is 0. The molecule has 0 unspecified atom stereocenters. The number of ether oxygens (including phenoxy) is 1. The molecule has 78 valence electrons. The van der Waals surface area contributed by atoms with E-state index in [-0.39, 0.29) is 17.9 Å².